The van der Waals surface area contributed by atoms with E-state index in [-0.39, 0.29) is 17.4 Å². The van der Waals surface area contributed by atoms with Crippen LogP contribution in [-0.2, 0) is 10.0 Å². The van der Waals surface area contributed by atoms with Crippen molar-refractivity contribution in [3.8, 4) is 0 Å². The van der Waals surface area contributed by atoms with E-state index in [1.807, 2.05) is 4.90 Å². The molecule has 0 saturated heterocycles. The van der Waals surface area contributed by atoms with Crippen LogP contribution < -0.4 is 10.2 Å². The number of amides is 1. The molecule has 0 radical (unpaired) electrons. The number of rotatable bonds is 3. The summed E-state index contributed by atoms with van der Waals surface area (Å²) in [7, 11) is -3.41. The Hall–Kier alpha value is -2.65. The molecule has 2 aromatic rings. The molecule has 0 saturated carbocycles. The Balaban J connectivity index is 1.55. The molecule has 0 bridgehead atoms. The number of anilines is 2. The van der Waals surface area contributed by atoms with Gasteiger partial charge in [-0.3, -0.25) is 9.59 Å². The van der Waals surface area contributed by atoms with Gasteiger partial charge in [-0.25, -0.2) is 8.42 Å². The summed E-state index contributed by atoms with van der Waals surface area (Å²) in [5, 5.41) is 3.22. The van der Waals surface area contributed by atoms with Gasteiger partial charge in [0.2, 0.25) is 0 Å². The van der Waals surface area contributed by atoms with Crippen molar-refractivity contribution >= 4 is 50.0 Å². The molecular weight excluding hydrogens is 386 g/mol. The molecule has 9 heteroatoms. The quantitative estimate of drug-likeness (QED) is 0.795. The summed E-state index contributed by atoms with van der Waals surface area (Å²) in [6.45, 7) is 1.84. The molecule has 7 nitrogen and oxygen atoms in total. The maximum Gasteiger partial charge on any atom is 0.257 e. The molecule has 2 aromatic carbocycles. The predicted molar refractivity (Wildman–Crippen MR) is 105 cm³/mol. The Morgan fingerprint density at radius 1 is 1.11 bits per heavy atom. The molecule has 0 atom stereocenters. The van der Waals surface area contributed by atoms with Gasteiger partial charge in [-0.2, -0.15) is 0 Å². The van der Waals surface area contributed by atoms with Gasteiger partial charge in [-0.05, 0) is 61.2 Å². The standard InChI is InChI=1S/C18H15N3O4S2/c1-11(22)12-2-5-14(6-3-12)19-17(23)13-4-7-15-16(10-13)26-18-20-27(24,25)9-8-21(15)18/h2-7,10H,8-9H2,1H3,(H,19,23). The number of amidine groups is 1. The van der Waals surface area contributed by atoms with Crippen LogP contribution >= 0.6 is 11.8 Å². The van der Waals surface area contributed by atoms with E-state index in [1.54, 1.807) is 42.5 Å². The first-order chi connectivity index (χ1) is 12.8. The van der Waals surface area contributed by atoms with Crippen LogP contribution in [0.15, 0.2) is 51.8 Å². The minimum atomic E-state index is -3.41. The van der Waals surface area contributed by atoms with E-state index in [4.69, 9.17) is 0 Å². The Labute approximate surface area is 160 Å². The van der Waals surface area contributed by atoms with Gasteiger partial charge in [0, 0.05) is 28.3 Å². The number of Topliss-reactive ketones (excluding diaryl/α,β-unsaturated/α-hetero) is 1. The van der Waals surface area contributed by atoms with Gasteiger partial charge >= 0.3 is 0 Å². The monoisotopic (exact) mass is 401 g/mol. The summed E-state index contributed by atoms with van der Waals surface area (Å²) in [4.78, 5) is 26.5. The molecule has 2 aliphatic rings. The number of benzene rings is 2. The molecule has 1 amide bonds. The second-order valence-corrected chi connectivity index (χ2v) is 8.95. The largest absolute Gasteiger partial charge is 0.322 e. The molecule has 4 rings (SSSR count). The fraction of sp³-hybridized carbons (Fsp3) is 0.167. The summed E-state index contributed by atoms with van der Waals surface area (Å²) in [5.41, 5.74) is 2.48. The minimum absolute atomic E-state index is 0.0189. The molecule has 0 spiro atoms. The third-order valence-corrected chi connectivity index (χ3v) is 6.59. The lowest BCUT2D eigenvalue weighted by atomic mass is 10.1. The zero-order chi connectivity index (χ0) is 19.2. The lowest BCUT2D eigenvalue weighted by molar-refractivity contribution is 0.101. The van der Waals surface area contributed by atoms with Gasteiger partial charge < -0.3 is 10.2 Å². The first-order valence-electron chi connectivity index (χ1n) is 8.17. The second-order valence-electron chi connectivity index (χ2n) is 6.18. The number of nitrogens with one attached hydrogen (secondary N) is 1. The number of nitrogens with zero attached hydrogens (tertiary/aromatic N) is 2. The summed E-state index contributed by atoms with van der Waals surface area (Å²) >= 11 is 1.24. The van der Waals surface area contributed by atoms with E-state index >= 15 is 0 Å². The molecule has 0 unspecified atom stereocenters. The molecule has 0 fully saturated rings. The van der Waals surface area contributed by atoms with Crippen molar-refractivity contribution in [1.82, 2.24) is 0 Å². The van der Waals surface area contributed by atoms with E-state index in [1.165, 1.54) is 18.7 Å². The number of carbonyl (C=O) groups is 2. The van der Waals surface area contributed by atoms with Gasteiger partial charge in [0.15, 0.2) is 11.0 Å². The van der Waals surface area contributed by atoms with Crippen molar-refractivity contribution in [2.75, 3.05) is 22.5 Å². The minimum Gasteiger partial charge on any atom is -0.322 e. The number of sulfonamides is 1. The lowest BCUT2D eigenvalue weighted by Gasteiger charge is -2.22. The number of hydrogen-bond acceptors (Lipinski definition) is 6. The Morgan fingerprint density at radius 3 is 2.52 bits per heavy atom. The van der Waals surface area contributed by atoms with Crippen molar-refractivity contribution in [3.63, 3.8) is 0 Å². The summed E-state index contributed by atoms with van der Waals surface area (Å²) < 4.78 is 27.2. The smallest absolute Gasteiger partial charge is 0.257 e. The van der Waals surface area contributed by atoms with Gasteiger partial charge in [-0.1, -0.05) is 0 Å². The van der Waals surface area contributed by atoms with Crippen LogP contribution in [0.25, 0.3) is 0 Å². The summed E-state index contributed by atoms with van der Waals surface area (Å²) in [6, 6.07) is 11.9. The van der Waals surface area contributed by atoms with Gasteiger partial charge in [0.25, 0.3) is 15.9 Å². The maximum absolute atomic E-state index is 12.5. The fourth-order valence-corrected chi connectivity index (χ4v) is 5.16. The highest BCUT2D eigenvalue weighted by Crippen LogP contribution is 2.42. The van der Waals surface area contributed by atoms with E-state index in [9.17, 15) is 18.0 Å². The van der Waals surface area contributed by atoms with E-state index in [0.29, 0.717) is 28.5 Å². The van der Waals surface area contributed by atoms with Crippen molar-refractivity contribution in [3.05, 3.63) is 53.6 Å². The van der Waals surface area contributed by atoms with Crippen LogP contribution in [0.2, 0.25) is 0 Å². The lowest BCUT2D eigenvalue weighted by Crippen LogP contribution is -2.35. The van der Waals surface area contributed by atoms with Crippen molar-refractivity contribution < 1.29 is 18.0 Å². The highest BCUT2D eigenvalue weighted by Gasteiger charge is 2.33. The van der Waals surface area contributed by atoms with E-state index in [0.717, 1.165) is 10.6 Å². The summed E-state index contributed by atoms with van der Waals surface area (Å²) in [5.74, 6) is -0.340. The van der Waals surface area contributed by atoms with Crippen LogP contribution in [0.4, 0.5) is 11.4 Å². The Bertz CT molecular complexity index is 1090. The fourth-order valence-electron chi connectivity index (χ4n) is 2.86. The first kappa shape index (κ1) is 17.7. The summed E-state index contributed by atoms with van der Waals surface area (Å²) in [6.07, 6.45) is 0. The normalized spacial score (nSPS) is 16.9. The molecule has 2 heterocycles. The molecule has 0 aliphatic carbocycles. The Morgan fingerprint density at radius 2 is 1.81 bits per heavy atom. The zero-order valence-corrected chi connectivity index (χ0v) is 15.9. The molecule has 2 aliphatic heterocycles. The highest BCUT2D eigenvalue weighted by atomic mass is 32.2. The average Bonchev–Trinajstić information content (AvgIpc) is 2.97. The third-order valence-electron chi connectivity index (χ3n) is 4.28. The predicted octanol–water partition coefficient (Wildman–Crippen LogP) is 2.75. The van der Waals surface area contributed by atoms with Gasteiger partial charge in [0.1, 0.15) is 0 Å². The van der Waals surface area contributed by atoms with Crippen LogP contribution in [0.3, 0.4) is 0 Å². The number of ketones is 1. The Kier molecular flexibility index (Phi) is 4.27. The van der Waals surface area contributed by atoms with Gasteiger partial charge in [-0.15, -0.1) is 4.40 Å². The molecule has 27 heavy (non-hydrogen) atoms. The third kappa shape index (κ3) is 3.47. The zero-order valence-electron chi connectivity index (χ0n) is 14.3. The number of hydrogen-bond donors (Lipinski definition) is 1. The van der Waals surface area contributed by atoms with Crippen LogP contribution in [0.5, 0.6) is 0 Å². The molecular formula is C18H15N3O4S2. The van der Waals surface area contributed by atoms with Crippen molar-refractivity contribution in [1.29, 1.82) is 0 Å². The van der Waals surface area contributed by atoms with E-state index in [2.05, 4.69) is 9.71 Å². The highest BCUT2D eigenvalue weighted by molar-refractivity contribution is 8.15. The molecule has 0 aromatic heterocycles. The topological polar surface area (TPSA) is 95.9 Å². The van der Waals surface area contributed by atoms with E-state index < -0.39 is 10.0 Å². The number of carbonyl (C=O) groups excluding carboxylic acids is 2. The first-order valence-corrected chi connectivity index (χ1v) is 10.6. The molecule has 1 N–H and O–H groups in total. The second kappa shape index (κ2) is 6.50. The SMILES string of the molecule is CC(=O)c1ccc(NC(=O)c2ccc3c(c2)SC2=NS(=O)(=O)CCN23)cc1. The number of fused-ring (bicyclic) bond motifs is 3. The molecule has 138 valence electrons. The van der Waals surface area contributed by atoms with Crippen LogP contribution in [0, 0.1) is 0 Å². The van der Waals surface area contributed by atoms with Crippen molar-refractivity contribution in [2.45, 2.75) is 11.8 Å². The van der Waals surface area contributed by atoms with Crippen LogP contribution in [-0.4, -0.2) is 37.6 Å². The van der Waals surface area contributed by atoms with Crippen LogP contribution in [0.1, 0.15) is 27.6 Å². The van der Waals surface area contributed by atoms with Crippen molar-refractivity contribution in [2.24, 2.45) is 4.40 Å². The number of thioether (sulfide) groups is 1. The average molecular weight is 401 g/mol. The van der Waals surface area contributed by atoms with Gasteiger partial charge in [0.05, 0.1) is 11.4 Å². The maximum atomic E-state index is 12.5.